The highest BCUT2D eigenvalue weighted by atomic mass is 16.2. The molecule has 7 nitrogen and oxygen atoms in total. The summed E-state index contributed by atoms with van der Waals surface area (Å²) in [6, 6.07) is 20.6. The van der Waals surface area contributed by atoms with Crippen LogP contribution in [0.15, 0.2) is 60.8 Å². The molecule has 2 aliphatic rings. The van der Waals surface area contributed by atoms with Crippen LogP contribution in [-0.4, -0.2) is 60.1 Å². The van der Waals surface area contributed by atoms with Crippen molar-refractivity contribution in [1.82, 2.24) is 9.88 Å². The van der Waals surface area contributed by atoms with Crippen LogP contribution in [0.25, 0.3) is 0 Å². The zero-order chi connectivity index (χ0) is 27.6. The minimum absolute atomic E-state index is 0.0900. The lowest BCUT2D eigenvalue weighted by molar-refractivity contribution is 0.0684. The van der Waals surface area contributed by atoms with Crippen molar-refractivity contribution in [3.8, 4) is 6.07 Å². The van der Waals surface area contributed by atoms with E-state index in [1.54, 1.807) is 0 Å². The first-order valence-corrected chi connectivity index (χ1v) is 13.9. The van der Waals surface area contributed by atoms with Gasteiger partial charge in [0.05, 0.1) is 16.8 Å². The number of nitriles is 1. The summed E-state index contributed by atoms with van der Waals surface area (Å²) in [6.45, 7) is 12.3. The van der Waals surface area contributed by atoms with Gasteiger partial charge in [0.2, 0.25) is 0 Å². The van der Waals surface area contributed by atoms with Gasteiger partial charge < -0.3 is 20.0 Å². The van der Waals surface area contributed by atoms with Gasteiger partial charge >= 0.3 is 0 Å². The third kappa shape index (κ3) is 5.56. The van der Waals surface area contributed by atoms with Crippen molar-refractivity contribution in [2.45, 2.75) is 52.1 Å². The molecule has 1 amide bonds. The molecule has 39 heavy (non-hydrogen) atoms. The van der Waals surface area contributed by atoms with E-state index in [1.807, 2.05) is 60.5 Å². The molecule has 1 aromatic heterocycles. The summed E-state index contributed by atoms with van der Waals surface area (Å²) in [5, 5.41) is 13.2. The fraction of sp³-hybridized carbons (Fsp3) is 0.406. The second-order valence-corrected chi connectivity index (χ2v) is 11.4. The summed E-state index contributed by atoms with van der Waals surface area (Å²) in [6.07, 6.45) is 3.77. The van der Waals surface area contributed by atoms with Crippen LogP contribution in [-0.2, 0) is 0 Å². The molecule has 0 bridgehead atoms. The Morgan fingerprint density at radius 3 is 2.44 bits per heavy atom. The van der Waals surface area contributed by atoms with E-state index in [2.05, 4.69) is 59.1 Å². The number of carbonyl (C=O) groups excluding carboxylic acids is 1. The normalized spacial score (nSPS) is 17.6. The van der Waals surface area contributed by atoms with Crippen LogP contribution in [0.5, 0.6) is 0 Å². The van der Waals surface area contributed by atoms with E-state index < -0.39 is 0 Å². The second kappa shape index (κ2) is 11.0. The first-order chi connectivity index (χ1) is 18.8. The van der Waals surface area contributed by atoms with Crippen LogP contribution < -0.4 is 15.1 Å². The summed E-state index contributed by atoms with van der Waals surface area (Å²) >= 11 is 0. The monoisotopic (exact) mass is 522 g/mol. The molecule has 5 rings (SSSR count). The second-order valence-electron chi connectivity index (χ2n) is 11.4. The number of pyridine rings is 1. The minimum atomic E-state index is -0.222. The lowest BCUT2D eigenvalue weighted by Gasteiger charge is -2.48. The predicted molar refractivity (Wildman–Crippen MR) is 157 cm³/mol. The van der Waals surface area contributed by atoms with E-state index in [0.717, 1.165) is 71.9 Å². The van der Waals surface area contributed by atoms with E-state index in [1.165, 1.54) is 0 Å². The zero-order valence-electron chi connectivity index (χ0n) is 23.4. The number of benzene rings is 2. The summed E-state index contributed by atoms with van der Waals surface area (Å²) in [4.78, 5) is 24.9. The maximum Gasteiger partial charge on any atom is 0.254 e. The van der Waals surface area contributed by atoms with Gasteiger partial charge in [0.15, 0.2) is 0 Å². The van der Waals surface area contributed by atoms with Crippen LogP contribution in [0.3, 0.4) is 0 Å². The van der Waals surface area contributed by atoms with E-state index in [4.69, 9.17) is 0 Å². The largest absolute Gasteiger partial charge is 0.382 e. The highest BCUT2D eigenvalue weighted by Gasteiger charge is 2.37. The van der Waals surface area contributed by atoms with Crippen LogP contribution >= 0.6 is 0 Å². The molecule has 0 spiro atoms. The number of hydrogen-bond acceptors (Lipinski definition) is 6. The molecule has 1 N–H and O–H groups in total. The average molecular weight is 523 g/mol. The SMILES string of the molecule is Cc1cc(C)c(C(=O)N2CCN(c3ccccn3)C(C)(C)C2)cc1NC1CCN(c2ccccc2C#N)CC1. The molecule has 0 atom stereocenters. The van der Waals surface area contributed by atoms with Gasteiger partial charge in [0, 0.05) is 56.2 Å². The number of nitrogens with one attached hydrogen (secondary N) is 1. The Morgan fingerprint density at radius 2 is 1.74 bits per heavy atom. The number of aryl methyl sites for hydroxylation is 2. The number of rotatable bonds is 5. The average Bonchev–Trinajstić information content (AvgIpc) is 2.94. The summed E-state index contributed by atoms with van der Waals surface area (Å²) in [7, 11) is 0. The van der Waals surface area contributed by atoms with Crippen molar-refractivity contribution in [2.24, 2.45) is 0 Å². The summed E-state index contributed by atoms with van der Waals surface area (Å²) < 4.78 is 0. The van der Waals surface area contributed by atoms with Gasteiger partial charge in [-0.25, -0.2) is 4.98 Å². The summed E-state index contributed by atoms with van der Waals surface area (Å²) in [5.74, 6) is 1.04. The lowest BCUT2D eigenvalue weighted by Crippen LogP contribution is -2.61. The number of anilines is 3. The number of nitrogens with zero attached hydrogens (tertiary/aromatic N) is 5. The van der Waals surface area contributed by atoms with Crippen molar-refractivity contribution in [3.05, 3.63) is 83.0 Å². The Labute approximate surface area is 232 Å². The molecular weight excluding hydrogens is 484 g/mol. The van der Waals surface area contributed by atoms with Gasteiger partial charge in [-0.2, -0.15) is 5.26 Å². The van der Waals surface area contributed by atoms with E-state index in [-0.39, 0.29) is 11.4 Å². The molecule has 3 heterocycles. The minimum Gasteiger partial charge on any atom is -0.382 e. The van der Waals surface area contributed by atoms with Gasteiger partial charge in [-0.3, -0.25) is 4.79 Å². The molecule has 0 unspecified atom stereocenters. The van der Waals surface area contributed by atoms with E-state index in [0.29, 0.717) is 19.1 Å². The summed E-state index contributed by atoms with van der Waals surface area (Å²) in [5.41, 5.74) is 5.49. The fourth-order valence-electron chi connectivity index (χ4n) is 6.00. The molecule has 0 aliphatic carbocycles. The Bertz CT molecular complexity index is 1370. The van der Waals surface area contributed by atoms with E-state index >= 15 is 0 Å². The van der Waals surface area contributed by atoms with Crippen molar-refractivity contribution in [1.29, 1.82) is 5.26 Å². The van der Waals surface area contributed by atoms with Crippen LogP contribution in [0, 0.1) is 25.2 Å². The smallest absolute Gasteiger partial charge is 0.254 e. The Morgan fingerprint density at radius 1 is 1.00 bits per heavy atom. The molecule has 0 radical (unpaired) electrons. The highest BCUT2D eigenvalue weighted by Crippen LogP contribution is 2.30. The topological polar surface area (TPSA) is 75.5 Å². The molecule has 0 saturated carbocycles. The number of hydrogen-bond donors (Lipinski definition) is 1. The van der Waals surface area contributed by atoms with E-state index in [9.17, 15) is 10.1 Å². The van der Waals surface area contributed by atoms with Crippen LogP contribution in [0.4, 0.5) is 17.2 Å². The van der Waals surface area contributed by atoms with Gasteiger partial charge in [-0.15, -0.1) is 0 Å². The first kappa shape index (κ1) is 26.6. The van der Waals surface area contributed by atoms with Gasteiger partial charge in [-0.1, -0.05) is 24.3 Å². The first-order valence-electron chi connectivity index (χ1n) is 13.9. The van der Waals surface area contributed by atoms with Crippen molar-refractivity contribution in [2.75, 3.05) is 47.8 Å². The molecule has 2 fully saturated rings. The quantitative estimate of drug-likeness (QED) is 0.484. The number of piperazine rings is 1. The maximum absolute atomic E-state index is 13.8. The number of aromatic nitrogens is 1. The highest BCUT2D eigenvalue weighted by molar-refractivity contribution is 5.97. The van der Waals surface area contributed by atoms with Crippen molar-refractivity contribution < 1.29 is 4.79 Å². The standard InChI is InChI=1S/C32H38N6O/c1-23-19-24(2)28(35-26-12-15-36(16-13-26)29-10-6-5-9-25(29)21-33)20-27(23)31(39)37-17-18-38(32(3,4)22-37)30-11-7-8-14-34-30/h5-11,14,19-20,26,35H,12-13,15-18,22H2,1-4H3. The molecular formula is C32H38N6O. The number of para-hydroxylation sites is 1. The Hall–Kier alpha value is -4.05. The van der Waals surface area contributed by atoms with Crippen LogP contribution in [0.2, 0.25) is 0 Å². The molecule has 2 aliphatic heterocycles. The fourth-order valence-corrected chi connectivity index (χ4v) is 6.00. The Kier molecular flexibility index (Phi) is 7.47. The predicted octanol–water partition coefficient (Wildman–Crippen LogP) is 5.39. The Balaban J connectivity index is 1.26. The third-order valence-corrected chi connectivity index (χ3v) is 8.14. The molecule has 7 heteroatoms. The molecule has 3 aromatic rings. The molecule has 2 saturated heterocycles. The van der Waals surface area contributed by atoms with Crippen molar-refractivity contribution >= 4 is 23.1 Å². The third-order valence-electron chi connectivity index (χ3n) is 8.14. The maximum atomic E-state index is 13.8. The molecule has 2 aromatic carbocycles. The molecule has 202 valence electrons. The number of carbonyl (C=O) groups is 1. The zero-order valence-corrected chi connectivity index (χ0v) is 23.4. The van der Waals surface area contributed by atoms with Gasteiger partial charge in [-0.05, 0) is 82.0 Å². The van der Waals surface area contributed by atoms with Crippen LogP contribution in [0.1, 0.15) is 53.7 Å². The van der Waals surface area contributed by atoms with Crippen molar-refractivity contribution in [3.63, 3.8) is 0 Å². The number of piperidine rings is 1. The number of amides is 1. The van der Waals surface area contributed by atoms with Gasteiger partial charge in [0.25, 0.3) is 5.91 Å². The lowest BCUT2D eigenvalue weighted by atomic mass is 9.96. The van der Waals surface area contributed by atoms with Gasteiger partial charge in [0.1, 0.15) is 11.9 Å².